The first-order valence-electron chi connectivity index (χ1n) is 7.15. The zero-order valence-electron chi connectivity index (χ0n) is 12.2. The van der Waals surface area contributed by atoms with Crippen molar-refractivity contribution >= 4 is 16.8 Å². The highest BCUT2D eigenvalue weighted by molar-refractivity contribution is 5.85. The molecule has 0 saturated heterocycles. The highest BCUT2D eigenvalue weighted by atomic mass is 16.1. The molecular weight excluding hydrogens is 250 g/mol. The zero-order chi connectivity index (χ0) is 14.5. The minimum Gasteiger partial charge on any atom is -0.355 e. The van der Waals surface area contributed by atoms with Crippen LogP contribution in [-0.2, 0) is 17.9 Å². The lowest BCUT2D eigenvalue weighted by Crippen LogP contribution is -2.29. The SMILES string of the molecule is CC(C)CCNC(=O)Cn1ccc2cccc(CN)c21. The molecule has 0 aliphatic rings. The van der Waals surface area contributed by atoms with E-state index in [1.165, 1.54) is 0 Å². The number of aromatic nitrogens is 1. The molecule has 1 amide bonds. The van der Waals surface area contributed by atoms with Gasteiger partial charge in [-0.3, -0.25) is 4.79 Å². The summed E-state index contributed by atoms with van der Waals surface area (Å²) in [6.45, 7) is 5.87. The summed E-state index contributed by atoms with van der Waals surface area (Å²) in [7, 11) is 0. The van der Waals surface area contributed by atoms with E-state index in [2.05, 4.69) is 19.2 Å². The largest absolute Gasteiger partial charge is 0.355 e. The number of benzene rings is 1. The fourth-order valence-electron chi connectivity index (χ4n) is 2.35. The van der Waals surface area contributed by atoms with Gasteiger partial charge < -0.3 is 15.6 Å². The molecule has 0 aliphatic heterocycles. The minimum atomic E-state index is 0.0509. The molecule has 0 saturated carbocycles. The van der Waals surface area contributed by atoms with Gasteiger partial charge in [-0.1, -0.05) is 32.0 Å². The van der Waals surface area contributed by atoms with Crippen LogP contribution < -0.4 is 11.1 Å². The number of amides is 1. The number of para-hydroxylation sites is 1. The maximum Gasteiger partial charge on any atom is 0.239 e. The molecule has 2 rings (SSSR count). The summed E-state index contributed by atoms with van der Waals surface area (Å²) in [6, 6.07) is 8.07. The number of nitrogens with two attached hydrogens (primary N) is 1. The Morgan fingerprint density at radius 1 is 1.35 bits per heavy atom. The normalized spacial score (nSPS) is 11.2. The molecule has 3 N–H and O–H groups in total. The average molecular weight is 273 g/mol. The summed E-state index contributed by atoms with van der Waals surface area (Å²) in [5, 5.41) is 4.09. The Morgan fingerprint density at radius 2 is 2.15 bits per heavy atom. The second-order valence-corrected chi connectivity index (χ2v) is 5.54. The van der Waals surface area contributed by atoms with Crippen LogP contribution in [0.3, 0.4) is 0 Å². The van der Waals surface area contributed by atoms with Crippen molar-refractivity contribution in [3.63, 3.8) is 0 Å². The van der Waals surface area contributed by atoms with Crippen LogP contribution in [-0.4, -0.2) is 17.0 Å². The average Bonchev–Trinajstić information content (AvgIpc) is 2.81. The van der Waals surface area contributed by atoms with Crippen molar-refractivity contribution < 1.29 is 4.79 Å². The number of rotatable bonds is 6. The summed E-state index contributed by atoms with van der Waals surface area (Å²) in [4.78, 5) is 12.0. The van der Waals surface area contributed by atoms with Crippen LogP contribution in [0.5, 0.6) is 0 Å². The minimum absolute atomic E-state index is 0.0509. The van der Waals surface area contributed by atoms with Gasteiger partial charge in [0.05, 0.1) is 5.52 Å². The number of hydrogen-bond donors (Lipinski definition) is 2. The predicted octanol–water partition coefficient (Wildman–Crippen LogP) is 2.26. The second kappa shape index (κ2) is 6.57. The van der Waals surface area contributed by atoms with Gasteiger partial charge in [0, 0.05) is 19.3 Å². The van der Waals surface area contributed by atoms with Crippen molar-refractivity contribution in [1.29, 1.82) is 0 Å². The molecule has 1 aromatic carbocycles. The molecule has 4 nitrogen and oxygen atoms in total. The number of fused-ring (bicyclic) bond motifs is 1. The summed E-state index contributed by atoms with van der Waals surface area (Å²) in [5.74, 6) is 0.654. The molecule has 0 aliphatic carbocycles. The van der Waals surface area contributed by atoms with Gasteiger partial charge in [0.2, 0.25) is 5.91 Å². The first-order chi connectivity index (χ1) is 9.61. The van der Waals surface area contributed by atoms with E-state index in [1.807, 2.05) is 35.0 Å². The Hall–Kier alpha value is -1.81. The zero-order valence-corrected chi connectivity index (χ0v) is 12.2. The van der Waals surface area contributed by atoms with Crippen molar-refractivity contribution in [2.45, 2.75) is 33.4 Å². The van der Waals surface area contributed by atoms with E-state index in [0.29, 0.717) is 19.0 Å². The van der Waals surface area contributed by atoms with Crippen LogP contribution in [0.4, 0.5) is 0 Å². The van der Waals surface area contributed by atoms with Crippen LogP contribution in [0.1, 0.15) is 25.8 Å². The monoisotopic (exact) mass is 273 g/mol. The molecule has 0 unspecified atom stereocenters. The first-order valence-corrected chi connectivity index (χ1v) is 7.15. The predicted molar refractivity (Wildman–Crippen MR) is 82.3 cm³/mol. The molecule has 0 spiro atoms. The maximum absolute atomic E-state index is 12.0. The van der Waals surface area contributed by atoms with Crippen molar-refractivity contribution in [3.8, 4) is 0 Å². The molecule has 20 heavy (non-hydrogen) atoms. The van der Waals surface area contributed by atoms with E-state index in [-0.39, 0.29) is 5.91 Å². The summed E-state index contributed by atoms with van der Waals surface area (Å²) < 4.78 is 1.97. The lowest BCUT2D eigenvalue weighted by Gasteiger charge is -2.10. The third-order valence-electron chi connectivity index (χ3n) is 3.45. The molecular formula is C16H23N3O. The van der Waals surface area contributed by atoms with E-state index < -0.39 is 0 Å². The summed E-state index contributed by atoms with van der Waals surface area (Å²) in [6.07, 6.45) is 2.96. The fraction of sp³-hybridized carbons (Fsp3) is 0.438. The quantitative estimate of drug-likeness (QED) is 0.848. The molecule has 0 fully saturated rings. The smallest absolute Gasteiger partial charge is 0.239 e. The lowest BCUT2D eigenvalue weighted by atomic mass is 10.1. The van der Waals surface area contributed by atoms with Crippen LogP contribution in [0.15, 0.2) is 30.5 Å². The van der Waals surface area contributed by atoms with E-state index in [9.17, 15) is 4.79 Å². The Kier molecular flexibility index (Phi) is 4.79. The molecule has 4 heteroatoms. The van der Waals surface area contributed by atoms with Crippen molar-refractivity contribution in [2.75, 3.05) is 6.54 Å². The number of hydrogen-bond acceptors (Lipinski definition) is 2. The molecule has 0 radical (unpaired) electrons. The number of nitrogens with zero attached hydrogens (tertiary/aromatic N) is 1. The van der Waals surface area contributed by atoms with Gasteiger partial charge >= 0.3 is 0 Å². The van der Waals surface area contributed by atoms with Crippen molar-refractivity contribution in [2.24, 2.45) is 11.7 Å². The molecule has 0 bridgehead atoms. The first kappa shape index (κ1) is 14.6. The second-order valence-electron chi connectivity index (χ2n) is 5.54. The van der Waals surface area contributed by atoms with E-state index in [4.69, 9.17) is 5.73 Å². The Bertz CT molecular complexity index is 586. The van der Waals surface area contributed by atoms with Gasteiger partial charge in [0.25, 0.3) is 0 Å². The Morgan fingerprint density at radius 3 is 2.85 bits per heavy atom. The van der Waals surface area contributed by atoms with Gasteiger partial charge in [-0.2, -0.15) is 0 Å². The standard InChI is InChI=1S/C16H23N3O/c1-12(2)6-8-18-15(20)11-19-9-7-13-4-3-5-14(10-17)16(13)19/h3-5,7,9,12H,6,8,10-11,17H2,1-2H3,(H,18,20). The van der Waals surface area contributed by atoms with E-state index >= 15 is 0 Å². The highest BCUT2D eigenvalue weighted by Crippen LogP contribution is 2.19. The van der Waals surface area contributed by atoms with E-state index in [1.54, 1.807) is 0 Å². The van der Waals surface area contributed by atoms with Crippen LogP contribution in [0.25, 0.3) is 10.9 Å². The Labute approximate surface area is 120 Å². The fourth-order valence-corrected chi connectivity index (χ4v) is 2.35. The van der Waals surface area contributed by atoms with Gasteiger partial charge in [-0.25, -0.2) is 0 Å². The van der Waals surface area contributed by atoms with Gasteiger partial charge in [0.1, 0.15) is 6.54 Å². The topological polar surface area (TPSA) is 60.0 Å². The summed E-state index contributed by atoms with van der Waals surface area (Å²) >= 11 is 0. The number of carbonyl (C=O) groups is 1. The maximum atomic E-state index is 12.0. The lowest BCUT2D eigenvalue weighted by molar-refractivity contribution is -0.121. The number of nitrogens with one attached hydrogen (secondary N) is 1. The Balaban J connectivity index is 2.08. The van der Waals surface area contributed by atoms with Gasteiger partial charge in [-0.05, 0) is 29.4 Å². The van der Waals surface area contributed by atoms with Crippen LogP contribution in [0, 0.1) is 5.92 Å². The van der Waals surface area contributed by atoms with Crippen LogP contribution in [0.2, 0.25) is 0 Å². The molecule has 1 heterocycles. The number of carbonyl (C=O) groups excluding carboxylic acids is 1. The van der Waals surface area contributed by atoms with E-state index in [0.717, 1.165) is 29.4 Å². The summed E-state index contributed by atoms with van der Waals surface area (Å²) in [5.41, 5.74) is 7.91. The molecule has 2 aromatic rings. The van der Waals surface area contributed by atoms with Crippen LogP contribution >= 0.6 is 0 Å². The van der Waals surface area contributed by atoms with Crippen molar-refractivity contribution in [3.05, 3.63) is 36.0 Å². The molecule has 108 valence electrons. The third kappa shape index (κ3) is 3.39. The highest BCUT2D eigenvalue weighted by Gasteiger charge is 2.09. The third-order valence-corrected chi connectivity index (χ3v) is 3.45. The molecule has 0 atom stereocenters. The van der Waals surface area contributed by atoms with Gasteiger partial charge in [-0.15, -0.1) is 0 Å². The van der Waals surface area contributed by atoms with Crippen molar-refractivity contribution in [1.82, 2.24) is 9.88 Å². The molecule has 1 aromatic heterocycles. The van der Waals surface area contributed by atoms with Gasteiger partial charge in [0.15, 0.2) is 0 Å².